The van der Waals surface area contributed by atoms with Crippen LogP contribution < -0.4 is 10.2 Å². The summed E-state index contributed by atoms with van der Waals surface area (Å²) in [6.07, 6.45) is 4.44. The minimum absolute atomic E-state index is 0.251. The molecule has 0 unspecified atom stereocenters. The standard InChI is InChI=1S/C20H20ClN5O/c1-14-16(21)4-3-5-17(14)23-20(27)18-6-7-19(25-24-18)26(2)13-10-15-8-11-22-12-9-15/h3-9,11-12H,10,13H2,1-2H3,(H,23,27). The summed E-state index contributed by atoms with van der Waals surface area (Å²) in [4.78, 5) is 18.4. The molecular formula is C20H20ClN5O. The number of carbonyl (C=O) groups excluding carboxylic acids is 1. The highest BCUT2D eigenvalue weighted by molar-refractivity contribution is 6.31. The molecule has 0 fully saturated rings. The number of nitrogens with zero attached hydrogens (tertiary/aromatic N) is 4. The highest BCUT2D eigenvalue weighted by atomic mass is 35.5. The summed E-state index contributed by atoms with van der Waals surface area (Å²) in [6.45, 7) is 2.64. The molecule has 27 heavy (non-hydrogen) atoms. The molecule has 0 atom stereocenters. The third-order valence-corrected chi connectivity index (χ3v) is 4.68. The van der Waals surface area contributed by atoms with Gasteiger partial charge in [-0.2, -0.15) is 0 Å². The van der Waals surface area contributed by atoms with Crippen LogP contribution in [0.1, 0.15) is 21.6 Å². The summed E-state index contributed by atoms with van der Waals surface area (Å²) in [6, 6.07) is 12.8. The fraction of sp³-hybridized carbons (Fsp3) is 0.200. The Morgan fingerprint density at radius 1 is 1.11 bits per heavy atom. The molecule has 2 heterocycles. The minimum Gasteiger partial charge on any atom is -0.358 e. The molecule has 0 saturated carbocycles. The van der Waals surface area contributed by atoms with E-state index in [1.807, 2.05) is 31.0 Å². The maximum absolute atomic E-state index is 12.4. The molecule has 6 nitrogen and oxygen atoms in total. The van der Waals surface area contributed by atoms with Crippen molar-refractivity contribution >= 4 is 29.0 Å². The Kier molecular flexibility index (Phi) is 5.98. The van der Waals surface area contributed by atoms with E-state index in [4.69, 9.17) is 11.6 Å². The average Bonchev–Trinajstić information content (AvgIpc) is 2.70. The van der Waals surface area contributed by atoms with Crippen LogP contribution in [0.25, 0.3) is 0 Å². The number of likely N-dealkylation sites (N-methyl/N-ethyl adjacent to an activating group) is 1. The van der Waals surface area contributed by atoms with E-state index in [-0.39, 0.29) is 11.6 Å². The lowest BCUT2D eigenvalue weighted by Gasteiger charge is -2.17. The topological polar surface area (TPSA) is 71.0 Å². The van der Waals surface area contributed by atoms with Gasteiger partial charge in [-0.15, -0.1) is 10.2 Å². The van der Waals surface area contributed by atoms with Gasteiger partial charge in [0.2, 0.25) is 0 Å². The van der Waals surface area contributed by atoms with E-state index in [1.54, 1.807) is 42.7 Å². The normalized spacial score (nSPS) is 10.5. The molecule has 3 rings (SSSR count). The number of amides is 1. The van der Waals surface area contributed by atoms with Gasteiger partial charge in [0.05, 0.1) is 0 Å². The first-order chi connectivity index (χ1) is 13.0. The number of anilines is 2. The molecule has 1 amide bonds. The van der Waals surface area contributed by atoms with Crippen LogP contribution in [0.4, 0.5) is 11.5 Å². The third-order valence-electron chi connectivity index (χ3n) is 4.28. The number of halogens is 1. The summed E-state index contributed by atoms with van der Waals surface area (Å²) in [5.74, 6) is 0.387. The van der Waals surface area contributed by atoms with Crippen molar-refractivity contribution in [2.75, 3.05) is 23.8 Å². The minimum atomic E-state index is -0.321. The molecule has 0 saturated heterocycles. The maximum Gasteiger partial charge on any atom is 0.276 e. The van der Waals surface area contributed by atoms with E-state index in [0.29, 0.717) is 16.5 Å². The first-order valence-corrected chi connectivity index (χ1v) is 8.92. The Bertz CT molecular complexity index is 915. The van der Waals surface area contributed by atoms with E-state index in [9.17, 15) is 4.79 Å². The van der Waals surface area contributed by atoms with E-state index in [2.05, 4.69) is 20.5 Å². The molecule has 0 spiro atoms. The van der Waals surface area contributed by atoms with Crippen molar-refractivity contribution in [1.82, 2.24) is 15.2 Å². The highest BCUT2D eigenvalue weighted by Gasteiger charge is 2.12. The second kappa shape index (κ2) is 8.60. The van der Waals surface area contributed by atoms with Gasteiger partial charge in [-0.25, -0.2) is 0 Å². The monoisotopic (exact) mass is 381 g/mol. The quantitative estimate of drug-likeness (QED) is 0.703. The number of carbonyl (C=O) groups is 1. The molecule has 0 aliphatic carbocycles. The van der Waals surface area contributed by atoms with Gasteiger partial charge >= 0.3 is 0 Å². The SMILES string of the molecule is Cc1c(Cl)cccc1NC(=O)c1ccc(N(C)CCc2ccncc2)nn1. The van der Waals surface area contributed by atoms with Crippen LogP contribution >= 0.6 is 11.6 Å². The van der Waals surface area contributed by atoms with Crippen molar-refractivity contribution in [3.8, 4) is 0 Å². The van der Waals surface area contributed by atoms with Crippen LogP contribution in [0.15, 0.2) is 54.9 Å². The second-order valence-corrected chi connectivity index (χ2v) is 6.58. The molecular weight excluding hydrogens is 362 g/mol. The lowest BCUT2D eigenvalue weighted by Crippen LogP contribution is -2.22. The number of nitrogens with one attached hydrogen (secondary N) is 1. The summed E-state index contributed by atoms with van der Waals surface area (Å²) in [7, 11) is 1.94. The van der Waals surface area contributed by atoms with Crippen LogP contribution in [0, 0.1) is 6.92 Å². The van der Waals surface area contributed by atoms with Gasteiger partial charge in [-0.05, 0) is 60.9 Å². The molecule has 0 aliphatic rings. The molecule has 0 bridgehead atoms. The zero-order chi connectivity index (χ0) is 19.2. The maximum atomic E-state index is 12.4. The Hall–Kier alpha value is -2.99. The average molecular weight is 382 g/mol. The molecule has 0 aliphatic heterocycles. The number of rotatable bonds is 6. The van der Waals surface area contributed by atoms with Gasteiger partial charge in [0, 0.05) is 36.7 Å². The third kappa shape index (κ3) is 4.80. The smallest absolute Gasteiger partial charge is 0.276 e. The number of hydrogen-bond acceptors (Lipinski definition) is 5. The Morgan fingerprint density at radius 2 is 1.89 bits per heavy atom. The zero-order valence-electron chi connectivity index (χ0n) is 15.2. The van der Waals surface area contributed by atoms with Gasteiger partial charge in [0.1, 0.15) is 0 Å². The molecule has 2 aromatic heterocycles. The Balaban J connectivity index is 1.62. The van der Waals surface area contributed by atoms with Gasteiger partial charge in [-0.3, -0.25) is 9.78 Å². The molecule has 3 aromatic rings. The van der Waals surface area contributed by atoms with Gasteiger partial charge in [-0.1, -0.05) is 17.7 Å². The Labute approximate surface area is 163 Å². The molecule has 0 radical (unpaired) electrons. The zero-order valence-corrected chi connectivity index (χ0v) is 15.9. The van der Waals surface area contributed by atoms with Crippen LogP contribution in [0.2, 0.25) is 5.02 Å². The van der Waals surface area contributed by atoms with Gasteiger partial charge in [0.25, 0.3) is 5.91 Å². The van der Waals surface area contributed by atoms with Crippen LogP contribution in [-0.2, 0) is 6.42 Å². The molecule has 138 valence electrons. The van der Waals surface area contributed by atoms with Gasteiger partial charge < -0.3 is 10.2 Å². The number of hydrogen-bond donors (Lipinski definition) is 1. The summed E-state index contributed by atoms with van der Waals surface area (Å²) < 4.78 is 0. The summed E-state index contributed by atoms with van der Waals surface area (Å²) >= 11 is 6.08. The fourth-order valence-electron chi connectivity index (χ4n) is 2.54. The van der Waals surface area contributed by atoms with Crippen LogP contribution in [0.3, 0.4) is 0 Å². The lowest BCUT2D eigenvalue weighted by molar-refractivity contribution is 0.102. The fourth-order valence-corrected chi connectivity index (χ4v) is 2.71. The van der Waals surface area contributed by atoms with Crippen molar-refractivity contribution < 1.29 is 4.79 Å². The summed E-state index contributed by atoms with van der Waals surface area (Å²) in [5.41, 5.74) is 2.93. The van der Waals surface area contributed by atoms with E-state index in [1.165, 1.54) is 5.56 Å². The number of pyridine rings is 1. The Morgan fingerprint density at radius 3 is 2.59 bits per heavy atom. The van der Waals surface area contributed by atoms with Crippen molar-refractivity contribution in [1.29, 1.82) is 0 Å². The van der Waals surface area contributed by atoms with Crippen molar-refractivity contribution in [2.45, 2.75) is 13.3 Å². The van der Waals surface area contributed by atoms with Crippen molar-refractivity contribution in [3.63, 3.8) is 0 Å². The van der Waals surface area contributed by atoms with Crippen LogP contribution in [0.5, 0.6) is 0 Å². The summed E-state index contributed by atoms with van der Waals surface area (Å²) in [5, 5.41) is 11.6. The van der Waals surface area contributed by atoms with Crippen molar-refractivity contribution in [2.24, 2.45) is 0 Å². The highest BCUT2D eigenvalue weighted by Crippen LogP contribution is 2.23. The second-order valence-electron chi connectivity index (χ2n) is 6.17. The predicted molar refractivity (Wildman–Crippen MR) is 107 cm³/mol. The van der Waals surface area contributed by atoms with E-state index < -0.39 is 0 Å². The first-order valence-electron chi connectivity index (χ1n) is 8.55. The number of benzene rings is 1. The van der Waals surface area contributed by atoms with Crippen molar-refractivity contribution in [3.05, 3.63) is 76.7 Å². The lowest BCUT2D eigenvalue weighted by atomic mass is 10.2. The first kappa shape index (κ1) is 18.8. The predicted octanol–water partition coefficient (Wildman–Crippen LogP) is 3.76. The van der Waals surface area contributed by atoms with Crippen LogP contribution in [-0.4, -0.2) is 34.7 Å². The van der Waals surface area contributed by atoms with E-state index >= 15 is 0 Å². The largest absolute Gasteiger partial charge is 0.358 e. The van der Waals surface area contributed by atoms with E-state index in [0.717, 1.165) is 18.5 Å². The molecule has 7 heteroatoms. The molecule has 1 aromatic carbocycles. The van der Waals surface area contributed by atoms with Gasteiger partial charge in [0.15, 0.2) is 11.5 Å². The molecule has 1 N–H and O–H groups in total. The number of aromatic nitrogens is 3.